The van der Waals surface area contributed by atoms with Gasteiger partial charge in [0.15, 0.2) is 0 Å². The fourth-order valence-electron chi connectivity index (χ4n) is 3.70. The lowest BCUT2D eigenvalue weighted by Gasteiger charge is -2.19. The quantitative estimate of drug-likeness (QED) is 0.527. The third-order valence-corrected chi connectivity index (χ3v) is 5.29. The topological polar surface area (TPSA) is 99.8 Å². The van der Waals surface area contributed by atoms with E-state index in [0.717, 1.165) is 0 Å². The van der Waals surface area contributed by atoms with Crippen LogP contribution in [0.3, 0.4) is 0 Å². The second-order valence-corrected chi connectivity index (χ2v) is 7.59. The number of ether oxygens (including phenoxy) is 1. The van der Waals surface area contributed by atoms with Crippen molar-refractivity contribution < 1.29 is 19.1 Å². The van der Waals surface area contributed by atoms with Crippen molar-refractivity contribution in [2.45, 2.75) is 6.42 Å². The van der Waals surface area contributed by atoms with Gasteiger partial charge in [-0.15, -0.1) is 0 Å². The fraction of sp³-hybridized carbons (Fsp3) is 0.160. The van der Waals surface area contributed by atoms with Crippen LogP contribution in [0, 0.1) is 5.92 Å². The van der Waals surface area contributed by atoms with E-state index in [4.69, 9.17) is 4.74 Å². The summed E-state index contributed by atoms with van der Waals surface area (Å²) in [6.45, 7) is 0.266. The first-order valence-electron chi connectivity index (χ1n) is 10.5. The molecule has 168 valence electrons. The molecule has 1 heterocycles. The molecule has 0 aromatic heterocycles. The van der Waals surface area contributed by atoms with Crippen molar-refractivity contribution in [1.29, 1.82) is 0 Å². The lowest BCUT2D eigenvalue weighted by Crippen LogP contribution is -2.28. The summed E-state index contributed by atoms with van der Waals surface area (Å²) in [6.07, 6.45) is 0.112. The Kier molecular flexibility index (Phi) is 6.54. The van der Waals surface area contributed by atoms with E-state index >= 15 is 0 Å². The Labute approximate surface area is 191 Å². The molecule has 0 aliphatic carbocycles. The van der Waals surface area contributed by atoms with Gasteiger partial charge in [0.05, 0.1) is 18.7 Å². The number of urea groups is 1. The number of hydrogen-bond donors (Lipinski definition) is 3. The highest BCUT2D eigenvalue weighted by Crippen LogP contribution is 2.33. The van der Waals surface area contributed by atoms with Crippen molar-refractivity contribution in [3.05, 3.63) is 78.9 Å². The number of hydrogen-bond acceptors (Lipinski definition) is 4. The number of nitrogens with zero attached hydrogens (tertiary/aromatic N) is 1. The molecule has 3 aromatic carbocycles. The Morgan fingerprint density at radius 1 is 0.848 bits per heavy atom. The number of anilines is 4. The molecule has 1 fully saturated rings. The first-order valence-corrected chi connectivity index (χ1v) is 10.5. The van der Waals surface area contributed by atoms with Crippen molar-refractivity contribution in [2.75, 3.05) is 34.5 Å². The highest BCUT2D eigenvalue weighted by molar-refractivity contribution is 6.04. The molecule has 0 saturated carbocycles. The second-order valence-electron chi connectivity index (χ2n) is 7.59. The summed E-state index contributed by atoms with van der Waals surface area (Å²) in [5.74, 6) is -0.306. The normalized spacial score (nSPS) is 15.1. The predicted octanol–water partition coefficient (Wildman–Crippen LogP) is 4.33. The molecular formula is C25H24N4O4. The minimum atomic E-state index is -0.500. The zero-order valence-electron chi connectivity index (χ0n) is 18.1. The predicted molar refractivity (Wildman–Crippen MR) is 128 cm³/mol. The summed E-state index contributed by atoms with van der Waals surface area (Å²) in [4.78, 5) is 39.2. The summed E-state index contributed by atoms with van der Waals surface area (Å²) < 4.78 is 5.35. The van der Waals surface area contributed by atoms with E-state index in [1.807, 2.05) is 30.3 Å². The third-order valence-electron chi connectivity index (χ3n) is 5.29. The highest BCUT2D eigenvalue weighted by atomic mass is 16.5. The van der Waals surface area contributed by atoms with Crippen LogP contribution >= 0.6 is 0 Å². The van der Waals surface area contributed by atoms with E-state index in [2.05, 4.69) is 16.0 Å². The Morgan fingerprint density at radius 2 is 1.48 bits per heavy atom. The van der Waals surface area contributed by atoms with Gasteiger partial charge in [0.2, 0.25) is 11.8 Å². The Balaban J connectivity index is 1.38. The zero-order valence-corrected chi connectivity index (χ0v) is 18.1. The number of benzene rings is 3. The summed E-state index contributed by atoms with van der Waals surface area (Å²) >= 11 is 0. The van der Waals surface area contributed by atoms with Crippen LogP contribution in [0.4, 0.5) is 27.5 Å². The molecule has 1 aliphatic rings. The minimum Gasteiger partial charge on any atom is -0.495 e. The standard InChI is InChI=1S/C25H24N4O4/c1-33-22-13-6-5-12-21(22)29-16-17(14-23(29)30)24(31)26-19-10-7-11-20(15-19)28-25(32)27-18-8-3-2-4-9-18/h2-13,15,17H,14,16H2,1H3,(H,26,31)(H2,27,28,32)/t17-/m1/s1. The molecule has 4 rings (SSSR count). The van der Waals surface area contributed by atoms with Gasteiger partial charge in [-0.3, -0.25) is 9.59 Å². The third kappa shape index (κ3) is 5.30. The van der Waals surface area contributed by atoms with Gasteiger partial charge >= 0.3 is 6.03 Å². The molecule has 8 nitrogen and oxygen atoms in total. The molecule has 0 bridgehead atoms. The number of carbonyl (C=O) groups excluding carboxylic acids is 3. The molecule has 33 heavy (non-hydrogen) atoms. The van der Waals surface area contributed by atoms with Crippen molar-refractivity contribution in [2.24, 2.45) is 5.92 Å². The van der Waals surface area contributed by atoms with Gasteiger partial charge in [-0.25, -0.2) is 4.79 Å². The van der Waals surface area contributed by atoms with Gasteiger partial charge < -0.3 is 25.6 Å². The fourth-order valence-corrected chi connectivity index (χ4v) is 3.70. The second kappa shape index (κ2) is 9.86. The summed E-state index contributed by atoms with van der Waals surface area (Å²) in [6, 6.07) is 22.8. The van der Waals surface area contributed by atoms with E-state index in [9.17, 15) is 14.4 Å². The van der Waals surface area contributed by atoms with Crippen LogP contribution in [0.15, 0.2) is 78.9 Å². The molecular weight excluding hydrogens is 420 g/mol. The number of rotatable bonds is 6. The van der Waals surface area contributed by atoms with E-state index in [0.29, 0.717) is 28.5 Å². The average Bonchev–Trinajstić information content (AvgIpc) is 3.21. The molecule has 8 heteroatoms. The number of methoxy groups -OCH3 is 1. The maximum absolute atomic E-state index is 12.8. The molecule has 1 aliphatic heterocycles. The van der Waals surface area contributed by atoms with Crippen molar-refractivity contribution >= 4 is 40.6 Å². The highest BCUT2D eigenvalue weighted by Gasteiger charge is 2.36. The SMILES string of the molecule is COc1ccccc1N1C[C@H](C(=O)Nc2cccc(NC(=O)Nc3ccccc3)c2)CC1=O. The van der Waals surface area contributed by atoms with Crippen molar-refractivity contribution in [1.82, 2.24) is 0 Å². The lowest BCUT2D eigenvalue weighted by molar-refractivity contribution is -0.122. The summed E-state index contributed by atoms with van der Waals surface area (Å²) in [5.41, 5.74) is 2.38. The van der Waals surface area contributed by atoms with E-state index < -0.39 is 11.9 Å². The maximum Gasteiger partial charge on any atom is 0.323 e. The van der Waals surface area contributed by atoms with Gasteiger partial charge in [-0.1, -0.05) is 36.4 Å². The van der Waals surface area contributed by atoms with E-state index in [1.165, 1.54) is 0 Å². The van der Waals surface area contributed by atoms with Crippen molar-refractivity contribution in [3.8, 4) is 5.75 Å². The molecule has 0 spiro atoms. The molecule has 4 amide bonds. The van der Waals surface area contributed by atoms with Gasteiger partial charge in [0.1, 0.15) is 5.75 Å². The van der Waals surface area contributed by atoms with E-state index in [1.54, 1.807) is 60.5 Å². The van der Waals surface area contributed by atoms with Crippen LogP contribution in [0.2, 0.25) is 0 Å². The molecule has 3 N–H and O–H groups in total. The van der Waals surface area contributed by atoms with Crippen LogP contribution in [0.25, 0.3) is 0 Å². The van der Waals surface area contributed by atoms with Crippen LogP contribution in [0.5, 0.6) is 5.75 Å². The smallest absolute Gasteiger partial charge is 0.323 e. The zero-order chi connectivity index (χ0) is 23.2. The molecule has 1 atom stereocenters. The minimum absolute atomic E-state index is 0.112. The molecule has 1 saturated heterocycles. The van der Waals surface area contributed by atoms with Crippen LogP contribution in [-0.2, 0) is 9.59 Å². The Bertz CT molecular complexity index is 1170. The van der Waals surface area contributed by atoms with Gasteiger partial charge in [-0.2, -0.15) is 0 Å². The first-order chi connectivity index (χ1) is 16.0. The van der Waals surface area contributed by atoms with Crippen LogP contribution in [-0.4, -0.2) is 31.5 Å². The number of carbonyl (C=O) groups is 3. The average molecular weight is 444 g/mol. The lowest BCUT2D eigenvalue weighted by atomic mass is 10.1. The van der Waals surface area contributed by atoms with Crippen molar-refractivity contribution in [3.63, 3.8) is 0 Å². The monoisotopic (exact) mass is 444 g/mol. The largest absolute Gasteiger partial charge is 0.495 e. The number of para-hydroxylation sites is 3. The van der Waals surface area contributed by atoms with E-state index in [-0.39, 0.29) is 24.8 Å². The van der Waals surface area contributed by atoms with Crippen LogP contribution < -0.4 is 25.6 Å². The first kappa shape index (κ1) is 21.9. The molecule has 3 aromatic rings. The van der Waals surface area contributed by atoms with Crippen LogP contribution in [0.1, 0.15) is 6.42 Å². The Morgan fingerprint density at radius 3 is 2.24 bits per heavy atom. The number of amides is 4. The van der Waals surface area contributed by atoms with Gasteiger partial charge in [-0.05, 0) is 42.5 Å². The summed E-state index contributed by atoms with van der Waals surface area (Å²) in [5, 5.41) is 8.33. The Hall–Kier alpha value is -4.33. The summed E-state index contributed by atoms with van der Waals surface area (Å²) in [7, 11) is 1.55. The maximum atomic E-state index is 12.8. The number of nitrogens with one attached hydrogen (secondary N) is 3. The molecule has 0 radical (unpaired) electrons. The van der Waals surface area contributed by atoms with Gasteiger partial charge in [0, 0.05) is 30.0 Å². The van der Waals surface area contributed by atoms with Gasteiger partial charge in [0.25, 0.3) is 0 Å². The molecule has 0 unspecified atom stereocenters.